The Labute approximate surface area is 195 Å². The van der Waals surface area contributed by atoms with E-state index in [1.165, 1.54) is 23.9 Å². The van der Waals surface area contributed by atoms with Crippen molar-refractivity contribution in [3.05, 3.63) is 72.6 Å². The summed E-state index contributed by atoms with van der Waals surface area (Å²) in [7, 11) is 1.60. The van der Waals surface area contributed by atoms with E-state index in [9.17, 15) is 9.59 Å². The maximum absolute atomic E-state index is 12.4. The zero-order chi connectivity index (χ0) is 23.8. The van der Waals surface area contributed by atoms with Crippen LogP contribution in [-0.2, 0) is 11.3 Å². The van der Waals surface area contributed by atoms with Gasteiger partial charge in [-0.05, 0) is 49.4 Å². The van der Waals surface area contributed by atoms with E-state index in [0.29, 0.717) is 29.0 Å². The molecule has 1 amide bonds. The molecule has 172 valence electrons. The molecule has 1 heterocycles. The lowest BCUT2D eigenvalue weighted by molar-refractivity contribution is -0.113. The number of benzene rings is 2. The number of ether oxygens (including phenoxy) is 2. The molecule has 9 nitrogen and oxygen atoms in total. The molecule has 10 heteroatoms. The molecule has 0 saturated heterocycles. The molecule has 0 radical (unpaired) electrons. The van der Waals surface area contributed by atoms with E-state index in [2.05, 4.69) is 22.1 Å². The third-order valence-corrected chi connectivity index (χ3v) is 5.49. The van der Waals surface area contributed by atoms with E-state index in [1.807, 2.05) is 35.8 Å². The maximum Gasteiger partial charge on any atom is 0.335 e. The summed E-state index contributed by atoms with van der Waals surface area (Å²) < 4.78 is 13.0. The summed E-state index contributed by atoms with van der Waals surface area (Å²) in [5.74, 6) is 0.712. The molecule has 0 aliphatic rings. The second kappa shape index (κ2) is 11.2. The lowest BCUT2D eigenvalue weighted by atomic mass is 10.2. The minimum Gasteiger partial charge on any atom is -0.497 e. The van der Waals surface area contributed by atoms with Crippen molar-refractivity contribution in [3.8, 4) is 11.5 Å². The van der Waals surface area contributed by atoms with Gasteiger partial charge in [-0.15, -0.1) is 16.8 Å². The van der Waals surface area contributed by atoms with Crippen molar-refractivity contribution in [1.29, 1.82) is 0 Å². The van der Waals surface area contributed by atoms with Crippen molar-refractivity contribution < 1.29 is 24.2 Å². The smallest absolute Gasteiger partial charge is 0.335 e. The van der Waals surface area contributed by atoms with Gasteiger partial charge in [0, 0.05) is 12.2 Å². The van der Waals surface area contributed by atoms with Crippen molar-refractivity contribution in [2.45, 2.75) is 24.7 Å². The SMILES string of the molecule is C=CCn1c(SCC(=O)Nc2cccc(C(=O)O)c2)nnc1C(C)Oc1ccc(OC)cc1. The number of rotatable bonds is 11. The predicted molar refractivity (Wildman–Crippen MR) is 125 cm³/mol. The number of nitrogens with one attached hydrogen (secondary N) is 1. The van der Waals surface area contributed by atoms with Gasteiger partial charge in [-0.3, -0.25) is 9.36 Å². The number of allylic oxidation sites excluding steroid dienone is 1. The molecule has 0 fully saturated rings. The molecule has 3 aromatic rings. The number of thioether (sulfide) groups is 1. The number of aromatic nitrogens is 3. The summed E-state index contributed by atoms with van der Waals surface area (Å²) >= 11 is 1.22. The Balaban J connectivity index is 1.65. The minimum absolute atomic E-state index is 0.0697. The van der Waals surface area contributed by atoms with Crippen molar-refractivity contribution >= 4 is 29.3 Å². The fourth-order valence-corrected chi connectivity index (χ4v) is 3.73. The second-order valence-electron chi connectivity index (χ2n) is 6.90. The summed E-state index contributed by atoms with van der Waals surface area (Å²) in [4.78, 5) is 23.5. The zero-order valence-corrected chi connectivity index (χ0v) is 19.0. The number of hydrogen-bond acceptors (Lipinski definition) is 7. The van der Waals surface area contributed by atoms with Crippen LogP contribution in [0, 0.1) is 0 Å². The molecule has 1 unspecified atom stereocenters. The van der Waals surface area contributed by atoms with Gasteiger partial charge in [-0.2, -0.15) is 0 Å². The van der Waals surface area contributed by atoms with Gasteiger partial charge in [0.05, 0.1) is 18.4 Å². The van der Waals surface area contributed by atoms with E-state index in [1.54, 1.807) is 25.3 Å². The molecule has 0 aliphatic carbocycles. The van der Waals surface area contributed by atoms with Crippen molar-refractivity contribution in [2.24, 2.45) is 0 Å². The van der Waals surface area contributed by atoms with E-state index in [0.717, 1.165) is 5.75 Å². The van der Waals surface area contributed by atoms with Gasteiger partial charge < -0.3 is 19.9 Å². The molecule has 0 saturated carbocycles. The number of amides is 1. The van der Waals surface area contributed by atoms with Gasteiger partial charge in [-0.25, -0.2) is 4.79 Å². The third kappa shape index (κ3) is 6.36. The van der Waals surface area contributed by atoms with Crippen LogP contribution in [0.5, 0.6) is 11.5 Å². The number of methoxy groups -OCH3 is 1. The van der Waals surface area contributed by atoms with Crippen LogP contribution in [0.15, 0.2) is 66.3 Å². The van der Waals surface area contributed by atoms with Gasteiger partial charge in [0.2, 0.25) is 5.91 Å². The van der Waals surface area contributed by atoms with Crippen LogP contribution in [0.1, 0.15) is 29.2 Å². The Kier molecular flexibility index (Phi) is 8.09. The van der Waals surface area contributed by atoms with Crippen molar-refractivity contribution in [2.75, 3.05) is 18.2 Å². The molecular weight excluding hydrogens is 444 g/mol. The Morgan fingerprint density at radius 3 is 2.61 bits per heavy atom. The van der Waals surface area contributed by atoms with Crippen LogP contribution < -0.4 is 14.8 Å². The summed E-state index contributed by atoms with van der Waals surface area (Å²) in [5.41, 5.74) is 0.511. The molecule has 2 N–H and O–H groups in total. The molecule has 3 rings (SSSR count). The third-order valence-electron chi connectivity index (χ3n) is 4.52. The lowest BCUT2D eigenvalue weighted by Gasteiger charge is -2.16. The lowest BCUT2D eigenvalue weighted by Crippen LogP contribution is -2.16. The van der Waals surface area contributed by atoms with Crippen molar-refractivity contribution in [1.82, 2.24) is 14.8 Å². The average molecular weight is 469 g/mol. The molecule has 33 heavy (non-hydrogen) atoms. The Hall–Kier alpha value is -3.79. The second-order valence-corrected chi connectivity index (χ2v) is 7.84. The highest BCUT2D eigenvalue weighted by molar-refractivity contribution is 7.99. The Morgan fingerprint density at radius 2 is 1.94 bits per heavy atom. The first-order valence-corrected chi connectivity index (χ1v) is 11.0. The van der Waals surface area contributed by atoms with E-state index < -0.39 is 12.1 Å². The van der Waals surface area contributed by atoms with Gasteiger partial charge in [0.25, 0.3) is 0 Å². The molecule has 1 aromatic heterocycles. The Bertz CT molecular complexity index is 1130. The van der Waals surface area contributed by atoms with Crippen LogP contribution in [0.2, 0.25) is 0 Å². The van der Waals surface area contributed by atoms with Crippen LogP contribution in [0.3, 0.4) is 0 Å². The standard InChI is InChI=1S/C23H24N4O5S/c1-4-12-27-21(15(2)32-19-10-8-18(31-3)9-11-19)25-26-23(27)33-14-20(28)24-17-7-5-6-16(13-17)22(29)30/h4-11,13,15H,1,12,14H2,2-3H3,(H,24,28)(H,29,30). The number of carboxylic acid groups (broad SMARTS) is 1. The van der Waals surface area contributed by atoms with Crippen LogP contribution in [0.25, 0.3) is 0 Å². The monoisotopic (exact) mass is 468 g/mol. The molecule has 1 atom stereocenters. The maximum atomic E-state index is 12.4. The number of nitrogens with zero attached hydrogens (tertiary/aromatic N) is 3. The average Bonchev–Trinajstić information content (AvgIpc) is 3.21. The van der Waals surface area contributed by atoms with Crippen LogP contribution in [0.4, 0.5) is 5.69 Å². The zero-order valence-electron chi connectivity index (χ0n) is 18.2. The highest BCUT2D eigenvalue weighted by Gasteiger charge is 2.20. The summed E-state index contributed by atoms with van der Waals surface area (Å²) in [6.45, 7) is 6.10. The largest absolute Gasteiger partial charge is 0.497 e. The summed E-state index contributed by atoms with van der Waals surface area (Å²) in [6, 6.07) is 13.3. The minimum atomic E-state index is -1.06. The van der Waals surface area contributed by atoms with Crippen LogP contribution >= 0.6 is 11.8 Å². The molecular formula is C23H24N4O5S. The van der Waals surface area contributed by atoms with Gasteiger partial charge >= 0.3 is 5.97 Å². The number of hydrogen-bond donors (Lipinski definition) is 2. The number of carbonyl (C=O) groups excluding carboxylic acids is 1. The van der Waals surface area contributed by atoms with E-state index in [-0.39, 0.29) is 17.2 Å². The molecule has 2 aromatic carbocycles. The first kappa shape index (κ1) is 23.9. The molecule has 0 aliphatic heterocycles. The molecule has 0 spiro atoms. The Morgan fingerprint density at radius 1 is 1.21 bits per heavy atom. The van der Waals surface area contributed by atoms with Crippen molar-refractivity contribution in [3.63, 3.8) is 0 Å². The van der Waals surface area contributed by atoms with E-state index in [4.69, 9.17) is 14.6 Å². The quantitative estimate of drug-likeness (QED) is 0.320. The predicted octanol–water partition coefficient (Wildman–Crippen LogP) is 4.04. The summed E-state index contributed by atoms with van der Waals surface area (Å²) in [6.07, 6.45) is 1.32. The highest BCUT2D eigenvalue weighted by atomic mass is 32.2. The fraction of sp³-hybridized carbons (Fsp3) is 0.217. The topological polar surface area (TPSA) is 116 Å². The number of aromatic carboxylic acids is 1. The number of carboxylic acids is 1. The molecule has 0 bridgehead atoms. The normalized spacial score (nSPS) is 11.5. The van der Waals surface area contributed by atoms with E-state index >= 15 is 0 Å². The number of anilines is 1. The number of carbonyl (C=O) groups is 2. The highest BCUT2D eigenvalue weighted by Crippen LogP contribution is 2.26. The van der Waals surface area contributed by atoms with Gasteiger partial charge in [0.1, 0.15) is 11.5 Å². The van der Waals surface area contributed by atoms with Gasteiger partial charge in [-0.1, -0.05) is 23.9 Å². The van der Waals surface area contributed by atoms with Crippen LogP contribution in [-0.4, -0.2) is 44.6 Å². The first-order valence-electron chi connectivity index (χ1n) is 10.0. The fourth-order valence-electron chi connectivity index (χ4n) is 2.98. The summed E-state index contributed by atoms with van der Waals surface area (Å²) in [5, 5.41) is 20.8. The first-order chi connectivity index (χ1) is 15.9. The van der Waals surface area contributed by atoms with Gasteiger partial charge in [0.15, 0.2) is 17.1 Å².